The first-order valence-electron chi connectivity index (χ1n) is 4.91. The zero-order valence-corrected chi connectivity index (χ0v) is 11.4. The van der Waals surface area contributed by atoms with E-state index in [1.54, 1.807) is 0 Å². The number of carbonyl (C=O) groups is 1. The van der Waals surface area contributed by atoms with Crippen LogP contribution in [0.5, 0.6) is 0 Å². The van der Waals surface area contributed by atoms with Crippen LogP contribution >= 0.6 is 0 Å². The van der Waals surface area contributed by atoms with Gasteiger partial charge in [-0.1, -0.05) is 0 Å². The molecule has 0 aliphatic heterocycles. The van der Waals surface area contributed by atoms with Crippen molar-refractivity contribution in [2.45, 2.75) is 16.7 Å². The highest BCUT2D eigenvalue weighted by molar-refractivity contribution is 8.05. The number of carbonyl (C=O) groups excluding carboxylic acids is 1. The molecule has 0 saturated heterocycles. The van der Waals surface area contributed by atoms with Crippen molar-refractivity contribution in [2.24, 2.45) is 0 Å². The molecule has 0 unspecified atom stereocenters. The molecular formula is C10H12O6S2. The van der Waals surface area contributed by atoms with Crippen LogP contribution in [-0.2, 0) is 24.4 Å². The van der Waals surface area contributed by atoms with Gasteiger partial charge in [-0.3, -0.25) is 0 Å². The van der Waals surface area contributed by atoms with E-state index in [1.807, 2.05) is 0 Å². The van der Waals surface area contributed by atoms with E-state index in [4.69, 9.17) is 0 Å². The molecule has 0 aromatic heterocycles. The maximum absolute atomic E-state index is 11.7. The normalized spacial score (nSPS) is 12.1. The standard InChI is InChI=1S/C10H12O6S2/c1-3-16-10(11)18(14,15)9-6-4-8(5-7-9)17(2,12)13/h4-7H,3H2,1-2H3. The lowest BCUT2D eigenvalue weighted by molar-refractivity contribution is 0.178. The highest BCUT2D eigenvalue weighted by Gasteiger charge is 2.26. The van der Waals surface area contributed by atoms with Crippen molar-refractivity contribution in [3.05, 3.63) is 24.3 Å². The first-order chi connectivity index (χ1) is 8.19. The van der Waals surface area contributed by atoms with Crippen molar-refractivity contribution in [3.8, 4) is 0 Å². The fourth-order valence-electron chi connectivity index (χ4n) is 1.16. The molecule has 0 amide bonds. The van der Waals surface area contributed by atoms with Gasteiger partial charge in [-0.05, 0) is 31.2 Å². The Bertz CT molecular complexity index is 640. The Morgan fingerprint density at radius 1 is 1.06 bits per heavy atom. The van der Waals surface area contributed by atoms with Gasteiger partial charge in [0, 0.05) is 6.26 Å². The minimum atomic E-state index is -4.22. The first kappa shape index (κ1) is 14.7. The molecule has 1 aromatic carbocycles. The van der Waals surface area contributed by atoms with E-state index in [2.05, 4.69) is 4.74 Å². The molecule has 1 aromatic rings. The Kier molecular flexibility index (Phi) is 4.12. The summed E-state index contributed by atoms with van der Waals surface area (Å²) in [7, 11) is -7.63. The smallest absolute Gasteiger partial charge is 0.429 e. The Morgan fingerprint density at radius 3 is 1.89 bits per heavy atom. The minimum absolute atomic E-state index is 0.0229. The van der Waals surface area contributed by atoms with Crippen LogP contribution in [0.4, 0.5) is 4.79 Å². The maximum Gasteiger partial charge on any atom is 0.429 e. The van der Waals surface area contributed by atoms with Gasteiger partial charge in [0.25, 0.3) is 9.84 Å². The van der Waals surface area contributed by atoms with Crippen LogP contribution in [0, 0.1) is 0 Å². The summed E-state index contributed by atoms with van der Waals surface area (Å²) in [6, 6.07) is 4.37. The van der Waals surface area contributed by atoms with Gasteiger partial charge < -0.3 is 4.74 Å². The molecule has 0 atom stereocenters. The van der Waals surface area contributed by atoms with E-state index in [0.29, 0.717) is 0 Å². The summed E-state index contributed by atoms with van der Waals surface area (Å²) < 4.78 is 50.1. The third kappa shape index (κ3) is 3.08. The zero-order chi connectivity index (χ0) is 14.0. The lowest BCUT2D eigenvalue weighted by Crippen LogP contribution is -2.16. The lowest BCUT2D eigenvalue weighted by Gasteiger charge is -2.04. The fraction of sp³-hybridized carbons (Fsp3) is 0.300. The topological polar surface area (TPSA) is 94.6 Å². The van der Waals surface area contributed by atoms with Crippen molar-refractivity contribution < 1.29 is 26.4 Å². The maximum atomic E-state index is 11.7. The molecule has 0 aliphatic rings. The van der Waals surface area contributed by atoms with E-state index in [1.165, 1.54) is 6.92 Å². The zero-order valence-electron chi connectivity index (χ0n) is 9.78. The summed E-state index contributed by atoms with van der Waals surface area (Å²) in [4.78, 5) is 10.9. The van der Waals surface area contributed by atoms with Gasteiger partial charge in [0.2, 0.25) is 0 Å². The van der Waals surface area contributed by atoms with Gasteiger partial charge in [-0.2, -0.15) is 0 Å². The number of ether oxygens (including phenoxy) is 1. The molecule has 0 spiro atoms. The van der Waals surface area contributed by atoms with Crippen molar-refractivity contribution in [2.75, 3.05) is 12.9 Å². The molecule has 1 rings (SSSR count). The average Bonchev–Trinajstić information content (AvgIpc) is 2.28. The van der Waals surface area contributed by atoms with Crippen molar-refractivity contribution in [1.82, 2.24) is 0 Å². The van der Waals surface area contributed by atoms with Gasteiger partial charge in [-0.25, -0.2) is 21.6 Å². The molecule has 0 N–H and O–H groups in total. The molecule has 0 saturated carbocycles. The molecule has 8 heteroatoms. The average molecular weight is 292 g/mol. The van der Waals surface area contributed by atoms with Crippen molar-refractivity contribution in [3.63, 3.8) is 0 Å². The second-order valence-corrected chi connectivity index (χ2v) is 7.26. The highest BCUT2D eigenvalue weighted by Crippen LogP contribution is 2.17. The number of rotatable bonds is 3. The van der Waals surface area contributed by atoms with Crippen molar-refractivity contribution in [1.29, 1.82) is 0 Å². The number of sulfone groups is 2. The minimum Gasteiger partial charge on any atom is -0.454 e. The monoisotopic (exact) mass is 292 g/mol. The van der Waals surface area contributed by atoms with E-state index in [9.17, 15) is 21.6 Å². The van der Waals surface area contributed by atoms with Crippen LogP contribution in [0.15, 0.2) is 34.1 Å². The summed E-state index contributed by atoms with van der Waals surface area (Å²) in [5.41, 5.74) is 0. The summed E-state index contributed by atoms with van der Waals surface area (Å²) in [5.74, 6) is 0. The van der Waals surface area contributed by atoms with Crippen LogP contribution in [-0.4, -0.2) is 35.0 Å². The summed E-state index contributed by atoms with van der Waals surface area (Å²) in [6.07, 6.45) is 1.00. The predicted octanol–water partition coefficient (Wildman–Crippen LogP) is 1.02. The van der Waals surface area contributed by atoms with Gasteiger partial charge in [-0.15, -0.1) is 0 Å². The second kappa shape index (κ2) is 5.07. The van der Waals surface area contributed by atoms with E-state index >= 15 is 0 Å². The van der Waals surface area contributed by atoms with Crippen molar-refractivity contribution >= 4 is 25.0 Å². The quantitative estimate of drug-likeness (QED) is 0.772. The van der Waals surface area contributed by atoms with Crippen LogP contribution in [0.1, 0.15) is 6.92 Å². The largest absolute Gasteiger partial charge is 0.454 e. The van der Waals surface area contributed by atoms with Crippen LogP contribution in [0.2, 0.25) is 0 Å². The molecule has 100 valence electrons. The number of hydrogen-bond donors (Lipinski definition) is 0. The third-order valence-electron chi connectivity index (χ3n) is 2.04. The predicted molar refractivity (Wildman–Crippen MR) is 63.8 cm³/mol. The molecule has 6 nitrogen and oxygen atoms in total. The van der Waals surface area contributed by atoms with E-state index in [0.717, 1.165) is 30.5 Å². The molecule has 0 radical (unpaired) electrons. The molecular weight excluding hydrogens is 280 g/mol. The van der Waals surface area contributed by atoms with Gasteiger partial charge in [0.1, 0.15) is 0 Å². The Labute approximate surface area is 105 Å². The molecule has 0 aliphatic carbocycles. The fourth-order valence-corrected chi connectivity index (χ4v) is 2.75. The Morgan fingerprint density at radius 2 is 1.50 bits per heavy atom. The molecule has 18 heavy (non-hydrogen) atoms. The highest BCUT2D eigenvalue weighted by atomic mass is 32.2. The van der Waals surface area contributed by atoms with E-state index < -0.39 is 25.0 Å². The van der Waals surface area contributed by atoms with E-state index in [-0.39, 0.29) is 16.4 Å². The summed E-state index contributed by atoms with van der Waals surface area (Å²) in [6.45, 7) is 1.43. The lowest BCUT2D eigenvalue weighted by atomic mass is 10.4. The van der Waals surface area contributed by atoms with Crippen LogP contribution in [0.3, 0.4) is 0 Å². The van der Waals surface area contributed by atoms with Gasteiger partial charge >= 0.3 is 5.30 Å². The van der Waals surface area contributed by atoms with Gasteiger partial charge in [0.15, 0.2) is 9.84 Å². The third-order valence-corrected chi connectivity index (χ3v) is 4.62. The number of benzene rings is 1. The Balaban J connectivity index is 3.17. The van der Waals surface area contributed by atoms with Crippen LogP contribution < -0.4 is 0 Å². The second-order valence-electron chi connectivity index (χ2n) is 3.43. The Hall–Kier alpha value is -1.41. The van der Waals surface area contributed by atoms with Crippen LogP contribution in [0.25, 0.3) is 0 Å². The first-order valence-corrected chi connectivity index (χ1v) is 8.29. The molecule has 0 heterocycles. The summed E-state index contributed by atoms with van der Waals surface area (Å²) in [5, 5.41) is -1.35. The molecule has 0 bridgehead atoms. The van der Waals surface area contributed by atoms with Gasteiger partial charge in [0.05, 0.1) is 16.4 Å². The SMILES string of the molecule is CCOC(=O)S(=O)(=O)c1ccc(S(C)(=O)=O)cc1. The molecule has 0 fully saturated rings. The number of hydrogen-bond acceptors (Lipinski definition) is 6. The summed E-state index contributed by atoms with van der Waals surface area (Å²) >= 11 is 0.